The number of nitrogen functional groups attached to an aromatic ring is 1. The summed E-state index contributed by atoms with van der Waals surface area (Å²) in [4.78, 5) is 27.0. The molecule has 1 aromatic carbocycles. The lowest BCUT2D eigenvalue weighted by Crippen LogP contribution is -2.33. The largest absolute Gasteiger partial charge is 0.460 e. The summed E-state index contributed by atoms with van der Waals surface area (Å²) in [6.45, 7) is 5.74. The van der Waals surface area contributed by atoms with Crippen LogP contribution in [0.1, 0.15) is 44.5 Å². The van der Waals surface area contributed by atoms with Crippen molar-refractivity contribution in [2.75, 3.05) is 30.8 Å². The van der Waals surface area contributed by atoms with Crippen LogP contribution in [0, 0.1) is 0 Å². The number of imidazole rings is 1. The highest BCUT2D eigenvalue weighted by Crippen LogP contribution is 2.32. The number of hydrogen-bond acceptors (Lipinski definition) is 11. The van der Waals surface area contributed by atoms with Crippen molar-refractivity contribution in [3.63, 3.8) is 0 Å². The van der Waals surface area contributed by atoms with Gasteiger partial charge in [-0.3, -0.25) is 9.36 Å². The van der Waals surface area contributed by atoms with E-state index in [0.717, 1.165) is 17.5 Å². The average molecular weight is 529 g/mol. The Balaban J connectivity index is 1.40. The highest BCUT2D eigenvalue weighted by molar-refractivity contribution is 5.83. The number of carbonyl (C=O) groups excluding carboxylic acids is 1. The number of fused-ring (bicyclic) bond motifs is 1. The maximum absolute atomic E-state index is 12.0. The van der Waals surface area contributed by atoms with Crippen molar-refractivity contribution in [2.45, 2.75) is 70.2 Å². The number of hydrogen-bond donors (Lipinski definition) is 4. The quantitative estimate of drug-likeness (QED) is 0.292. The van der Waals surface area contributed by atoms with Gasteiger partial charge in [-0.05, 0) is 44.7 Å². The minimum Gasteiger partial charge on any atom is -0.460 e. The molecule has 1 aliphatic rings. The smallest absolute Gasteiger partial charge is 0.306 e. The van der Waals surface area contributed by atoms with Crippen molar-refractivity contribution in [3.05, 3.63) is 41.7 Å². The van der Waals surface area contributed by atoms with Crippen LogP contribution in [-0.4, -0.2) is 84.9 Å². The molecule has 1 fully saturated rings. The number of ether oxygens (including phenoxy) is 2. The summed E-state index contributed by atoms with van der Waals surface area (Å²) in [7, 11) is 1.85. The summed E-state index contributed by atoms with van der Waals surface area (Å²) in [6.07, 6.45) is -1.32. The van der Waals surface area contributed by atoms with Gasteiger partial charge < -0.3 is 35.4 Å². The van der Waals surface area contributed by atoms with Crippen molar-refractivity contribution in [2.24, 2.45) is 0 Å². The standard InChI is InChI=1S/C26H36N6O6/c1-26(2,3)38-18(34)10-9-15-5-7-16(8-6-15)11-12-31(4)25-29-22(27)19-23(30-25)32(14-28-19)24-21(36)20(35)17(13-33)37-24/h5-8,14,17,20-21,24,33,35-36H,9-13H2,1-4H3,(H2,27,29,30)/t17-,20-,21-,24-/m1/s1. The molecule has 12 heteroatoms. The Morgan fingerprint density at radius 3 is 2.39 bits per heavy atom. The SMILES string of the molecule is CN(CCc1ccc(CCC(=O)OC(C)(C)C)cc1)c1nc(N)c2ncn([C@@H]3O[C@H](CO)[C@@H](O)[C@H]3O)c2n1. The Kier molecular flexibility index (Phi) is 8.16. The van der Waals surface area contributed by atoms with Gasteiger partial charge in [-0.1, -0.05) is 24.3 Å². The fraction of sp³-hybridized carbons (Fsp3) is 0.538. The highest BCUT2D eigenvalue weighted by Gasteiger charge is 2.44. The Hall–Kier alpha value is -3.32. The van der Waals surface area contributed by atoms with E-state index in [2.05, 4.69) is 15.0 Å². The first-order chi connectivity index (χ1) is 18.0. The van der Waals surface area contributed by atoms with E-state index in [4.69, 9.17) is 15.2 Å². The van der Waals surface area contributed by atoms with Gasteiger partial charge in [0.15, 0.2) is 17.7 Å². The molecule has 38 heavy (non-hydrogen) atoms. The van der Waals surface area contributed by atoms with E-state index in [1.807, 2.05) is 57.0 Å². The molecule has 12 nitrogen and oxygen atoms in total. The van der Waals surface area contributed by atoms with E-state index in [9.17, 15) is 20.1 Å². The van der Waals surface area contributed by atoms with E-state index in [1.165, 1.54) is 10.9 Å². The van der Waals surface area contributed by atoms with Crippen molar-refractivity contribution in [3.8, 4) is 0 Å². The summed E-state index contributed by atoms with van der Waals surface area (Å²) in [5, 5.41) is 30.0. The first-order valence-electron chi connectivity index (χ1n) is 12.6. The van der Waals surface area contributed by atoms with Gasteiger partial charge in [0.1, 0.15) is 29.4 Å². The molecule has 4 rings (SSSR count). The van der Waals surface area contributed by atoms with Crippen LogP contribution >= 0.6 is 0 Å². The number of anilines is 2. The summed E-state index contributed by atoms with van der Waals surface area (Å²) >= 11 is 0. The van der Waals surface area contributed by atoms with Gasteiger partial charge in [0, 0.05) is 20.0 Å². The van der Waals surface area contributed by atoms with Gasteiger partial charge in [-0.25, -0.2) is 4.98 Å². The molecule has 0 spiro atoms. The number of aliphatic hydroxyl groups excluding tert-OH is 3. The van der Waals surface area contributed by atoms with Crippen LogP contribution in [-0.2, 0) is 27.1 Å². The number of carbonyl (C=O) groups is 1. The predicted molar refractivity (Wildman–Crippen MR) is 140 cm³/mol. The van der Waals surface area contributed by atoms with Crippen molar-refractivity contribution >= 4 is 28.9 Å². The zero-order chi connectivity index (χ0) is 27.6. The molecule has 3 aromatic rings. The molecule has 3 heterocycles. The maximum Gasteiger partial charge on any atom is 0.306 e. The molecule has 0 bridgehead atoms. The van der Waals surface area contributed by atoms with Crippen LogP contribution in [0.25, 0.3) is 11.2 Å². The summed E-state index contributed by atoms with van der Waals surface area (Å²) in [5.41, 5.74) is 8.54. The highest BCUT2D eigenvalue weighted by atomic mass is 16.6. The van der Waals surface area contributed by atoms with Crippen molar-refractivity contribution < 1.29 is 29.6 Å². The Morgan fingerprint density at radius 2 is 1.79 bits per heavy atom. The minimum absolute atomic E-state index is 0.177. The molecule has 1 aliphatic heterocycles. The lowest BCUT2D eigenvalue weighted by molar-refractivity contribution is -0.154. The third-order valence-corrected chi connectivity index (χ3v) is 6.37. The Morgan fingerprint density at radius 1 is 1.13 bits per heavy atom. The number of likely N-dealkylation sites (N-methyl/N-ethyl adjacent to an activating group) is 1. The van der Waals surface area contributed by atoms with E-state index >= 15 is 0 Å². The molecule has 4 atom stereocenters. The second-order valence-electron chi connectivity index (χ2n) is 10.5. The molecular formula is C26H36N6O6. The number of aryl methyl sites for hydroxylation is 1. The topological polar surface area (TPSA) is 169 Å². The summed E-state index contributed by atoms with van der Waals surface area (Å²) in [6, 6.07) is 8.10. The molecule has 1 saturated heterocycles. The van der Waals surface area contributed by atoms with E-state index < -0.39 is 36.7 Å². The predicted octanol–water partition coefficient (Wildman–Crippen LogP) is 0.973. The lowest BCUT2D eigenvalue weighted by Gasteiger charge is -2.20. The molecule has 0 amide bonds. The number of benzene rings is 1. The number of aromatic nitrogens is 4. The van der Waals surface area contributed by atoms with Gasteiger partial charge in [0.05, 0.1) is 12.9 Å². The molecule has 5 N–H and O–H groups in total. The first-order valence-corrected chi connectivity index (χ1v) is 12.6. The van der Waals surface area contributed by atoms with Gasteiger partial charge in [-0.2, -0.15) is 9.97 Å². The van der Waals surface area contributed by atoms with Crippen LogP contribution in [0.4, 0.5) is 11.8 Å². The minimum atomic E-state index is -1.27. The first kappa shape index (κ1) is 27.7. The fourth-order valence-corrected chi connectivity index (χ4v) is 4.30. The maximum atomic E-state index is 12.0. The average Bonchev–Trinajstić information content (AvgIpc) is 3.41. The van der Waals surface area contributed by atoms with Crippen LogP contribution in [0.15, 0.2) is 30.6 Å². The number of nitrogens with two attached hydrogens (primary N) is 1. The lowest BCUT2D eigenvalue weighted by atomic mass is 10.1. The second kappa shape index (κ2) is 11.2. The molecule has 206 valence electrons. The van der Waals surface area contributed by atoms with E-state index in [1.54, 1.807) is 0 Å². The molecular weight excluding hydrogens is 492 g/mol. The van der Waals surface area contributed by atoms with Crippen LogP contribution < -0.4 is 10.6 Å². The molecule has 0 aliphatic carbocycles. The van der Waals surface area contributed by atoms with Gasteiger partial charge >= 0.3 is 5.97 Å². The van der Waals surface area contributed by atoms with Crippen LogP contribution in [0.5, 0.6) is 0 Å². The monoisotopic (exact) mass is 528 g/mol. The summed E-state index contributed by atoms with van der Waals surface area (Å²) in [5.74, 6) is 0.341. The van der Waals surface area contributed by atoms with Gasteiger partial charge in [0.25, 0.3) is 0 Å². The third-order valence-electron chi connectivity index (χ3n) is 6.37. The normalized spacial score (nSPS) is 21.7. The van der Waals surface area contributed by atoms with Gasteiger partial charge in [0.2, 0.25) is 5.95 Å². The summed E-state index contributed by atoms with van der Waals surface area (Å²) < 4.78 is 12.5. The van der Waals surface area contributed by atoms with E-state index in [0.29, 0.717) is 36.5 Å². The molecule has 0 saturated carbocycles. The zero-order valence-electron chi connectivity index (χ0n) is 22.1. The number of rotatable bonds is 9. The number of esters is 1. The van der Waals surface area contributed by atoms with Crippen LogP contribution in [0.2, 0.25) is 0 Å². The van der Waals surface area contributed by atoms with Crippen LogP contribution in [0.3, 0.4) is 0 Å². The Labute approximate surface area is 221 Å². The van der Waals surface area contributed by atoms with Crippen molar-refractivity contribution in [1.29, 1.82) is 0 Å². The van der Waals surface area contributed by atoms with Gasteiger partial charge in [-0.15, -0.1) is 0 Å². The third kappa shape index (κ3) is 6.21. The molecule has 2 aromatic heterocycles. The molecule has 0 radical (unpaired) electrons. The van der Waals surface area contributed by atoms with E-state index in [-0.39, 0.29) is 11.8 Å². The zero-order valence-corrected chi connectivity index (χ0v) is 22.1. The second-order valence-corrected chi connectivity index (χ2v) is 10.5. The number of aliphatic hydroxyl groups is 3. The molecule has 0 unspecified atom stereocenters. The Bertz CT molecular complexity index is 1260. The van der Waals surface area contributed by atoms with Crippen molar-refractivity contribution in [1.82, 2.24) is 19.5 Å². The number of nitrogens with zero attached hydrogens (tertiary/aromatic N) is 5. The fourth-order valence-electron chi connectivity index (χ4n) is 4.30.